The molecule has 11 heavy (non-hydrogen) atoms. The molecule has 0 aromatic heterocycles. The summed E-state index contributed by atoms with van der Waals surface area (Å²) < 4.78 is 20.1. The van der Waals surface area contributed by atoms with E-state index in [1.54, 1.807) is 0 Å². The van der Waals surface area contributed by atoms with Gasteiger partial charge in [0.05, 0.1) is 13.2 Å². The van der Waals surface area contributed by atoms with E-state index in [0.29, 0.717) is 0 Å². The molecule has 0 radical (unpaired) electrons. The van der Waals surface area contributed by atoms with Gasteiger partial charge in [-0.3, -0.25) is 0 Å². The Morgan fingerprint density at radius 2 is 1.45 bits per heavy atom. The second-order valence-corrected chi connectivity index (χ2v) is 2.62. The zero-order chi connectivity index (χ0) is 7.52. The molecule has 0 aliphatic carbocycles. The molecule has 0 aromatic carbocycles. The highest BCUT2D eigenvalue weighted by atomic mass is 16.8. The largest absolute Gasteiger partial charge is 0.350 e. The van der Waals surface area contributed by atoms with Crippen LogP contribution in [0.25, 0.3) is 0 Å². The van der Waals surface area contributed by atoms with Gasteiger partial charge in [0, 0.05) is 0 Å². The van der Waals surface area contributed by atoms with Crippen LogP contribution in [0.4, 0.5) is 0 Å². The maximum atomic E-state index is 5.21. The summed E-state index contributed by atoms with van der Waals surface area (Å²) in [7, 11) is 0. The van der Waals surface area contributed by atoms with E-state index < -0.39 is 0 Å². The molecule has 2 rings (SSSR count). The first-order valence-electron chi connectivity index (χ1n) is 3.91. The van der Waals surface area contributed by atoms with Gasteiger partial charge in [-0.15, -0.1) is 0 Å². The summed E-state index contributed by atoms with van der Waals surface area (Å²) >= 11 is 0. The van der Waals surface area contributed by atoms with E-state index in [0.717, 1.165) is 32.8 Å². The Kier molecular flexibility index (Phi) is 2.38. The molecule has 2 fully saturated rings. The van der Waals surface area contributed by atoms with Crippen molar-refractivity contribution in [1.29, 1.82) is 0 Å². The Bertz CT molecular complexity index is 106. The van der Waals surface area contributed by atoms with E-state index in [1.165, 1.54) is 0 Å². The fourth-order valence-electron chi connectivity index (χ4n) is 0.760. The number of hydrogen-bond donors (Lipinski definition) is 0. The van der Waals surface area contributed by atoms with Gasteiger partial charge in [-0.25, -0.2) is 0 Å². The van der Waals surface area contributed by atoms with Crippen LogP contribution in [-0.2, 0) is 18.9 Å². The zero-order valence-electron chi connectivity index (χ0n) is 6.32. The number of rotatable bonds is 6. The van der Waals surface area contributed by atoms with Crippen LogP contribution in [-0.4, -0.2) is 39.0 Å². The Morgan fingerprint density at radius 1 is 1.00 bits per heavy atom. The predicted octanol–water partition coefficient (Wildman–Crippen LogP) is 0.122. The molecule has 0 saturated carbocycles. The predicted molar refractivity (Wildman–Crippen MR) is 36.0 cm³/mol. The highest BCUT2D eigenvalue weighted by Gasteiger charge is 2.24. The van der Waals surface area contributed by atoms with Crippen LogP contribution in [0.3, 0.4) is 0 Å². The minimum Gasteiger partial charge on any atom is -0.350 e. The third-order valence-electron chi connectivity index (χ3n) is 1.50. The summed E-state index contributed by atoms with van der Waals surface area (Å²) in [6, 6.07) is 0. The van der Waals surface area contributed by atoms with E-state index in [2.05, 4.69) is 0 Å². The second-order valence-electron chi connectivity index (χ2n) is 2.62. The Hall–Kier alpha value is -0.160. The fourth-order valence-corrected chi connectivity index (χ4v) is 0.760. The lowest BCUT2D eigenvalue weighted by Gasteiger charge is -1.99. The highest BCUT2D eigenvalue weighted by Crippen LogP contribution is 2.12. The average Bonchev–Trinajstić information content (AvgIpc) is 2.83. The fraction of sp³-hybridized carbons (Fsp3) is 1.00. The summed E-state index contributed by atoms with van der Waals surface area (Å²) in [6.45, 7) is 2.95. The molecule has 2 unspecified atom stereocenters. The first-order valence-corrected chi connectivity index (χ1v) is 3.91. The lowest BCUT2D eigenvalue weighted by molar-refractivity contribution is 0.0113. The van der Waals surface area contributed by atoms with Crippen LogP contribution in [0.2, 0.25) is 0 Å². The van der Waals surface area contributed by atoms with Crippen molar-refractivity contribution in [2.45, 2.75) is 19.0 Å². The van der Waals surface area contributed by atoms with Crippen LogP contribution < -0.4 is 0 Å². The van der Waals surface area contributed by atoms with Crippen molar-refractivity contribution < 1.29 is 18.9 Å². The molecular formula is C7H12O4. The Labute approximate surface area is 65.4 Å². The van der Waals surface area contributed by atoms with Crippen LogP contribution >= 0.6 is 0 Å². The van der Waals surface area contributed by atoms with E-state index in [1.807, 2.05) is 0 Å². The summed E-state index contributed by atoms with van der Waals surface area (Å²) in [5.41, 5.74) is 0. The normalized spacial score (nSPS) is 33.8. The summed E-state index contributed by atoms with van der Waals surface area (Å²) in [5, 5.41) is 0. The third-order valence-corrected chi connectivity index (χ3v) is 1.50. The van der Waals surface area contributed by atoms with Gasteiger partial charge in [-0.2, -0.15) is 0 Å². The summed E-state index contributed by atoms with van der Waals surface area (Å²) in [6.07, 6.45) is 1.07. The first-order chi connectivity index (χ1) is 5.45. The van der Waals surface area contributed by atoms with E-state index in [-0.39, 0.29) is 12.6 Å². The van der Waals surface area contributed by atoms with Gasteiger partial charge in [0.25, 0.3) is 0 Å². The van der Waals surface area contributed by atoms with E-state index >= 15 is 0 Å². The van der Waals surface area contributed by atoms with Crippen LogP contribution in [0.1, 0.15) is 6.42 Å². The zero-order valence-corrected chi connectivity index (χ0v) is 6.32. The minimum atomic E-state index is 0.0761. The standard InChI is InChI=1S/C7H12O4/c1(2-8-6-4-10-6)3-9-7-5-11-7/h6-7H,1-5H2. The van der Waals surface area contributed by atoms with Gasteiger partial charge in [0.2, 0.25) is 0 Å². The highest BCUT2D eigenvalue weighted by molar-refractivity contribution is 4.56. The summed E-state index contributed by atoms with van der Waals surface area (Å²) in [4.78, 5) is 0. The second kappa shape index (κ2) is 3.49. The van der Waals surface area contributed by atoms with Crippen molar-refractivity contribution >= 4 is 0 Å². The monoisotopic (exact) mass is 160 g/mol. The Morgan fingerprint density at radius 3 is 1.82 bits per heavy atom. The Balaban J connectivity index is 1.35. The molecule has 2 atom stereocenters. The van der Waals surface area contributed by atoms with Gasteiger partial charge >= 0.3 is 0 Å². The smallest absolute Gasteiger partial charge is 0.181 e. The molecular weight excluding hydrogens is 148 g/mol. The topological polar surface area (TPSA) is 43.5 Å². The molecule has 64 valence electrons. The molecule has 2 aliphatic heterocycles. The quantitative estimate of drug-likeness (QED) is 0.409. The van der Waals surface area contributed by atoms with Crippen LogP contribution in [0, 0.1) is 0 Å². The maximum absolute atomic E-state index is 5.21. The van der Waals surface area contributed by atoms with Gasteiger partial charge in [-0.1, -0.05) is 0 Å². The molecule has 2 heterocycles. The molecule has 0 N–H and O–H groups in total. The van der Waals surface area contributed by atoms with Crippen molar-refractivity contribution in [3.8, 4) is 0 Å². The molecule has 2 saturated heterocycles. The first kappa shape index (κ1) is 7.49. The number of epoxide rings is 2. The SMILES string of the molecule is C(COC1CO1)COC1CO1. The van der Waals surface area contributed by atoms with Crippen LogP contribution in [0.5, 0.6) is 0 Å². The van der Waals surface area contributed by atoms with Gasteiger partial charge < -0.3 is 18.9 Å². The summed E-state index contributed by atoms with van der Waals surface area (Å²) in [5.74, 6) is 0. The van der Waals surface area contributed by atoms with Crippen molar-refractivity contribution in [1.82, 2.24) is 0 Å². The van der Waals surface area contributed by atoms with Crippen LogP contribution in [0.15, 0.2) is 0 Å². The van der Waals surface area contributed by atoms with E-state index in [9.17, 15) is 0 Å². The molecule has 4 heteroatoms. The van der Waals surface area contributed by atoms with Crippen molar-refractivity contribution in [3.05, 3.63) is 0 Å². The van der Waals surface area contributed by atoms with Gasteiger partial charge in [0.1, 0.15) is 13.2 Å². The molecule has 4 nitrogen and oxygen atoms in total. The minimum absolute atomic E-state index is 0.0761. The van der Waals surface area contributed by atoms with Crippen molar-refractivity contribution in [2.75, 3.05) is 26.4 Å². The molecule has 0 spiro atoms. The van der Waals surface area contributed by atoms with Crippen molar-refractivity contribution in [3.63, 3.8) is 0 Å². The lowest BCUT2D eigenvalue weighted by Crippen LogP contribution is -2.04. The van der Waals surface area contributed by atoms with Gasteiger partial charge in [-0.05, 0) is 6.42 Å². The number of ether oxygens (including phenoxy) is 4. The van der Waals surface area contributed by atoms with Gasteiger partial charge in [0.15, 0.2) is 12.6 Å². The maximum Gasteiger partial charge on any atom is 0.181 e. The molecule has 2 aliphatic rings. The molecule has 0 amide bonds. The third kappa shape index (κ3) is 3.16. The molecule has 0 aromatic rings. The average molecular weight is 160 g/mol. The van der Waals surface area contributed by atoms with E-state index in [4.69, 9.17) is 18.9 Å². The number of hydrogen-bond acceptors (Lipinski definition) is 4. The lowest BCUT2D eigenvalue weighted by atomic mass is 10.5. The van der Waals surface area contributed by atoms with Crippen molar-refractivity contribution in [2.24, 2.45) is 0 Å². The molecule has 0 bridgehead atoms.